The minimum atomic E-state index is -0.251. The van der Waals surface area contributed by atoms with Crippen molar-refractivity contribution < 1.29 is 16.1 Å². The van der Waals surface area contributed by atoms with Gasteiger partial charge in [0.1, 0.15) is 5.82 Å². The molecule has 3 aromatic carbocycles. The summed E-state index contributed by atoms with van der Waals surface area (Å²) < 4.78 is 14.6. The number of halogens is 1. The number of fused-ring (bicyclic) bond motifs is 1. The molecule has 4 heteroatoms. The highest BCUT2D eigenvalue weighted by Gasteiger charge is 2.31. The Bertz CT molecular complexity index is 1510. The third-order valence-electron chi connectivity index (χ3n) is 7.94. The number of hydrogen-bond donors (Lipinski definition) is 0. The molecule has 3 nitrogen and oxygen atoms in total. The molecule has 210 valence electrons. The molecule has 2 unspecified atom stereocenters. The average molecular weight is 540 g/mol. The number of pyridine rings is 1. The number of allylic oxidation sites excluding steroid dienone is 2. The van der Waals surface area contributed by atoms with Gasteiger partial charge in [-0.3, -0.25) is 9.78 Å². The Labute approximate surface area is 239 Å². The quantitative estimate of drug-likeness (QED) is 0.256. The molecule has 2 atom stereocenters. The zero-order chi connectivity index (χ0) is 28.1. The molecule has 0 aliphatic heterocycles. The highest BCUT2D eigenvalue weighted by atomic mass is 19.1. The maximum atomic E-state index is 14.6. The van der Waals surface area contributed by atoms with Crippen molar-refractivity contribution in [2.45, 2.75) is 66.2 Å². The Morgan fingerprint density at radius 1 is 0.925 bits per heavy atom. The topological polar surface area (TPSA) is 61.5 Å². The molecule has 1 heterocycles. The van der Waals surface area contributed by atoms with Crippen LogP contribution in [0.1, 0.15) is 85.6 Å². The molecule has 4 aromatic rings. The van der Waals surface area contributed by atoms with E-state index in [1.165, 1.54) is 5.56 Å². The van der Waals surface area contributed by atoms with Crippen molar-refractivity contribution in [3.63, 3.8) is 0 Å². The van der Waals surface area contributed by atoms with Crippen LogP contribution in [0.3, 0.4) is 0 Å². The molecule has 1 aromatic heterocycles. The van der Waals surface area contributed by atoms with Crippen molar-refractivity contribution in [1.82, 2.24) is 4.98 Å². The maximum Gasteiger partial charge on any atom is 0.166 e. The molecule has 0 saturated heterocycles. The molecule has 0 amide bonds. The van der Waals surface area contributed by atoms with E-state index in [2.05, 4.69) is 74.3 Å². The van der Waals surface area contributed by atoms with Gasteiger partial charge in [0, 0.05) is 31.5 Å². The van der Waals surface area contributed by atoms with Crippen LogP contribution in [-0.2, 0) is 17.6 Å². The summed E-state index contributed by atoms with van der Waals surface area (Å²) in [4.78, 5) is 17.9. The molecule has 1 aliphatic rings. The Morgan fingerprint density at radius 3 is 2.27 bits per heavy atom. The Hall–Kier alpha value is -3.89. The predicted octanol–water partition coefficient (Wildman–Crippen LogP) is 8.36. The van der Waals surface area contributed by atoms with Gasteiger partial charge in [-0.05, 0) is 77.8 Å². The molecule has 1 aliphatic carbocycles. The van der Waals surface area contributed by atoms with Gasteiger partial charge in [-0.15, -0.1) is 0 Å². The summed E-state index contributed by atoms with van der Waals surface area (Å²) in [6.07, 6.45) is 3.29. The summed E-state index contributed by atoms with van der Waals surface area (Å²) in [6, 6.07) is 26.3. The Kier molecular flexibility index (Phi) is 10.3. The Balaban J connectivity index is 0.000000510. The SMILES string of the molecule is CC1=C(Cc2cccc(C)c2F)C(=O)C(C)c2cc(C(C)c3ncccc3C)ccc21.CCc1ccccc1.O.[HH]. The standard InChI is InChI=1S/C28H28FNO.C8H10.H2O.H2/c1-16-8-6-10-22(26(16)29)15-25-19(4)23-12-11-21(14-24(23)20(5)28(25)31)18(3)27-17(2)9-7-13-30-27;1-2-8-6-4-3-5-7-8;;/h6-14,18,20H,15H2,1-5H3;3-7H,2H2,1H3;1H2;1H. The summed E-state index contributed by atoms with van der Waals surface area (Å²) in [6.45, 7) is 12.1. The third kappa shape index (κ3) is 6.46. The fourth-order valence-corrected chi connectivity index (χ4v) is 5.38. The normalized spacial score (nSPS) is 15.0. The van der Waals surface area contributed by atoms with Gasteiger partial charge in [0.05, 0.1) is 5.69 Å². The minimum Gasteiger partial charge on any atom is -0.412 e. The lowest BCUT2D eigenvalue weighted by atomic mass is 9.76. The van der Waals surface area contributed by atoms with Crippen LogP contribution in [0, 0.1) is 19.7 Å². The van der Waals surface area contributed by atoms with Crippen molar-refractivity contribution >= 4 is 11.4 Å². The number of rotatable bonds is 5. The lowest BCUT2D eigenvalue weighted by Crippen LogP contribution is -2.21. The van der Waals surface area contributed by atoms with Crippen molar-refractivity contribution in [2.24, 2.45) is 0 Å². The molecule has 5 rings (SSSR count). The fourth-order valence-electron chi connectivity index (χ4n) is 5.38. The molecule has 0 radical (unpaired) electrons. The van der Waals surface area contributed by atoms with Gasteiger partial charge in [0.25, 0.3) is 0 Å². The highest BCUT2D eigenvalue weighted by Crippen LogP contribution is 2.39. The van der Waals surface area contributed by atoms with Gasteiger partial charge >= 0.3 is 0 Å². The first-order valence-electron chi connectivity index (χ1n) is 13.8. The van der Waals surface area contributed by atoms with Crippen molar-refractivity contribution in [3.8, 4) is 0 Å². The van der Waals surface area contributed by atoms with E-state index in [1.807, 2.05) is 38.2 Å². The van der Waals surface area contributed by atoms with E-state index < -0.39 is 0 Å². The summed E-state index contributed by atoms with van der Waals surface area (Å²) >= 11 is 0. The molecular formula is C36H42FNO2. The number of carbonyl (C=O) groups is 1. The summed E-state index contributed by atoms with van der Waals surface area (Å²) in [5.41, 5.74) is 9.77. The second-order valence-electron chi connectivity index (χ2n) is 10.5. The van der Waals surface area contributed by atoms with E-state index in [-0.39, 0.29) is 30.3 Å². The van der Waals surface area contributed by atoms with Crippen LogP contribution in [-0.4, -0.2) is 16.2 Å². The molecule has 0 spiro atoms. The highest BCUT2D eigenvalue weighted by molar-refractivity contribution is 6.09. The van der Waals surface area contributed by atoms with E-state index in [4.69, 9.17) is 0 Å². The van der Waals surface area contributed by atoms with Crippen molar-refractivity contribution in [1.29, 1.82) is 0 Å². The van der Waals surface area contributed by atoms with Crippen LogP contribution < -0.4 is 0 Å². The first kappa shape index (κ1) is 30.6. The number of hydrogen-bond acceptors (Lipinski definition) is 2. The number of nitrogens with zero attached hydrogens (tertiary/aromatic N) is 1. The number of aryl methyl sites for hydroxylation is 3. The van der Waals surface area contributed by atoms with E-state index in [0.29, 0.717) is 23.1 Å². The molecule has 0 fully saturated rings. The molecule has 40 heavy (non-hydrogen) atoms. The first-order chi connectivity index (χ1) is 18.7. The molecule has 0 bridgehead atoms. The zero-order valence-electron chi connectivity index (χ0n) is 24.4. The summed E-state index contributed by atoms with van der Waals surface area (Å²) in [7, 11) is 0. The minimum absolute atomic E-state index is 0. The van der Waals surface area contributed by atoms with Crippen LogP contribution in [0.15, 0.2) is 90.6 Å². The van der Waals surface area contributed by atoms with E-state index in [1.54, 1.807) is 19.1 Å². The van der Waals surface area contributed by atoms with Gasteiger partial charge in [0.15, 0.2) is 5.78 Å². The van der Waals surface area contributed by atoms with Gasteiger partial charge in [-0.25, -0.2) is 4.39 Å². The molecule has 2 N–H and O–H groups in total. The fraction of sp³-hybridized carbons (Fsp3) is 0.278. The van der Waals surface area contributed by atoms with Crippen molar-refractivity contribution in [2.75, 3.05) is 0 Å². The first-order valence-corrected chi connectivity index (χ1v) is 13.8. The molecule has 0 saturated carbocycles. The largest absolute Gasteiger partial charge is 0.412 e. The van der Waals surface area contributed by atoms with E-state index in [0.717, 1.165) is 39.9 Å². The summed E-state index contributed by atoms with van der Waals surface area (Å²) in [5, 5.41) is 0. The Morgan fingerprint density at radius 2 is 1.62 bits per heavy atom. The average Bonchev–Trinajstić information content (AvgIpc) is 2.96. The number of ketones is 1. The van der Waals surface area contributed by atoms with Crippen LogP contribution in [0.2, 0.25) is 0 Å². The van der Waals surface area contributed by atoms with Crippen LogP contribution in [0.4, 0.5) is 4.39 Å². The van der Waals surface area contributed by atoms with Gasteiger partial charge in [-0.2, -0.15) is 0 Å². The van der Waals surface area contributed by atoms with E-state index in [9.17, 15) is 9.18 Å². The second-order valence-corrected chi connectivity index (χ2v) is 10.5. The van der Waals surface area contributed by atoms with Crippen molar-refractivity contribution in [3.05, 3.63) is 141 Å². The summed E-state index contributed by atoms with van der Waals surface area (Å²) in [5.74, 6) is -0.242. The van der Waals surface area contributed by atoms with Gasteiger partial charge in [0.2, 0.25) is 0 Å². The molecular weight excluding hydrogens is 497 g/mol. The second kappa shape index (κ2) is 13.5. The lowest BCUT2D eigenvalue weighted by molar-refractivity contribution is -0.116. The zero-order valence-corrected chi connectivity index (χ0v) is 24.4. The van der Waals surface area contributed by atoms with E-state index >= 15 is 0 Å². The smallest absolute Gasteiger partial charge is 0.166 e. The monoisotopic (exact) mass is 539 g/mol. The number of aromatic nitrogens is 1. The number of Topliss-reactive ketones (excluding diaryl/α,β-unsaturated/α-hetero) is 1. The van der Waals surface area contributed by atoms with Crippen LogP contribution >= 0.6 is 0 Å². The van der Waals surface area contributed by atoms with Crippen LogP contribution in [0.25, 0.3) is 5.57 Å². The third-order valence-corrected chi connectivity index (χ3v) is 7.94. The van der Waals surface area contributed by atoms with Crippen LogP contribution in [0.5, 0.6) is 0 Å². The maximum absolute atomic E-state index is 14.6. The lowest BCUT2D eigenvalue weighted by Gasteiger charge is -2.27. The predicted molar refractivity (Wildman–Crippen MR) is 165 cm³/mol. The number of benzene rings is 3. The van der Waals surface area contributed by atoms with Gasteiger partial charge < -0.3 is 5.48 Å². The van der Waals surface area contributed by atoms with Gasteiger partial charge in [-0.1, -0.05) is 93.6 Å². The number of carbonyl (C=O) groups excluding carboxylic acids is 1.